The molecule has 118 valence electrons. The second-order valence-electron chi connectivity index (χ2n) is 4.64. The maximum Gasteiger partial charge on any atom is 0.293 e. The van der Waals surface area contributed by atoms with Crippen LogP contribution < -0.4 is 9.54 Å². The molecule has 2 heterocycles. The van der Waals surface area contributed by atoms with Crippen LogP contribution in [0.3, 0.4) is 0 Å². The lowest BCUT2D eigenvalue weighted by Gasteiger charge is -2.05. The quantitative estimate of drug-likeness (QED) is 0.700. The van der Waals surface area contributed by atoms with E-state index in [0.717, 1.165) is 5.56 Å². The van der Waals surface area contributed by atoms with E-state index >= 15 is 0 Å². The van der Waals surface area contributed by atoms with Crippen LogP contribution in [-0.4, -0.2) is 17.6 Å². The molecule has 0 saturated carbocycles. The van der Waals surface area contributed by atoms with Crippen LogP contribution in [0.1, 0.15) is 15.2 Å². The van der Waals surface area contributed by atoms with Crippen LogP contribution in [-0.2, 0) is 6.54 Å². The first-order valence-corrected chi connectivity index (χ1v) is 8.90. The van der Waals surface area contributed by atoms with Gasteiger partial charge in [-0.1, -0.05) is 29.8 Å². The Labute approximate surface area is 146 Å². The molecule has 3 rings (SSSR count). The normalized spacial score (nSPS) is 11.7. The number of nitrogens with zero attached hydrogens (tertiary/aromatic N) is 2. The molecule has 0 aliphatic rings. The minimum absolute atomic E-state index is 0.299. The number of halogens is 1. The highest BCUT2D eigenvalue weighted by Crippen LogP contribution is 2.25. The smallest absolute Gasteiger partial charge is 0.293 e. The van der Waals surface area contributed by atoms with Crippen molar-refractivity contribution in [1.29, 1.82) is 0 Å². The Hall–Kier alpha value is -1.89. The van der Waals surface area contributed by atoms with Gasteiger partial charge in [-0.3, -0.25) is 4.79 Å². The molecule has 2 aromatic heterocycles. The maximum absolute atomic E-state index is 12.4. The van der Waals surface area contributed by atoms with Crippen molar-refractivity contribution in [2.24, 2.45) is 4.99 Å². The van der Waals surface area contributed by atoms with Crippen LogP contribution in [0.15, 0.2) is 52.3 Å². The summed E-state index contributed by atoms with van der Waals surface area (Å²) in [7, 11) is 1.54. The fourth-order valence-electron chi connectivity index (χ4n) is 2.07. The van der Waals surface area contributed by atoms with Gasteiger partial charge in [0.15, 0.2) is 4.80 Å². The molecule has 0 fully saturated rings. The van der Waals surface area contributed by atoms with Gasteiger partial charge in [-0.25, -0.2) is 0 Å². The van der Waals surface area contributed by atoms with Gasteiger partial charge in [-0.2, -0.15) is 4.99 Å². The summed E-state index contributed by atoms with van der Waals surface area (Å²) in [5.74, 6) is 0.255. The van der Waals surface area contributed by atoms with Crippen molar-refractivity contribution in [3.05, 3.63) is 67.6 Å². The van der Waals surface area contributed by atoms with Gasteiger partial charge in [-0.05, 0) is 23.1 Å². The third kappa shape index (κ3) is 3.55. The lowest BCUT2D eigenvalue weighted by molar-refractivity contribution is 0.0999. The van der Waals surface area contributed by atoms with Crippen molar-refractivity contribution in [2.75, 3.05) is 7.11 Å². The molecule has 0 saturated heterocycles. The summed E-state index contributed by atoms with van der Waals surface area (Å²) < 4.78 is 7.08. The molecule has 0 radical (unpaired) electrons. The van der Waals surface area contributed by atoms with Crippen LogP contribution in [0.4, 0.5) is 0 Å². The molecule has 1 aromatic carbocycles. The molecule has 0 spiro atoms. The van der Waals surface area contributed by atoms with E-state index in [1.807, 2.05) is 45.8 Å². The molecule has 23 heavy (non-hydrogen) atoms. The number of carbonyl (C=O) groups is 1. The van der Waals surface area contributed by atoms with Crippen LogP contribution in [0.5, 0.6) is 5.75 Å². The van der Waals surface area contributed by atoms with Gasteiger partial charge in [0.1, 0.15) is 10.6 Å². The zero-order valence-corrected chi connectivity index (χ0v) is 14.6. The molecule has 0 aliphatic heterocycles. The monoisotopic (exact) mass is 364 g/mol. The Morgan fingerprint density at radius 1 is 1.26 bits per heavy atom. The van der Waals surface area contributed by atoms with Gasteiger partial charge in [0.25, 0.3) is 5.91 Å². The number of thiophene rings is 1. The first-order chi connectivity index (χ1) is 11.2. The summed E-state index contributed by atoms with van der Waals surface area (Å²) >= 11 is 8.93. The topological polar surface area (TPSA) is 43.6 Å². The van der Waals surface area contributed by atoms with E-state index in [-0.39, 0.29) is 5.91 Å². The van der Waals surface area contributed by atoms with E-state index < -0.39 is 0 Å². The number of aromatic nitrogens is 1. The Bertz CT molecular complexity index is 895. The van der Waals surface area contributed by atoms with Crippen LogP contribution in [0, 0.1) is 0 Å². The summed E-state index contributed by atoms with van der Waals surface area (Å²) in [6, 6.07) is 9.40. The van der Waals surface area contributed by atoms with Gasteiger partial charge in [0, 0.05) is 16.6 Å². The second kappa shape index (κ2) is 7.12. The Morgan fingerprint density at radius 2 is 2.09 bits per heavy atom. The summed E-state index contributed by atoms with van der Waals surface area (Å²) in [6.07, 6.45) is 1.89. The molecule has 0 bridgehead atoms. The van der Waals surface area contributed by atoms with Crippen LogP contribution >= 0.6 is 34.3 Å². The molecular formula is C16H13ClN2O2S2. The summed E-state index contributed by atoms with van der Waals surface area (Å²) in [4.78, 5) is 17.7. The fraction of sp³-hybridized carbons (Fsp3) is 0.125. The largest absolute Gasteiger partial charge is 0.495 e. The number of hydrogen-bond donors (Lipinski definition) is 0. The van der Waals surface area contributed by atoms with E-state index in [1.165, 1.54) is 22.7 Å². The highest BCUT2D eigenvalue weighted by molar-refractivity contribution is 7.12. The van der Waals surface area contributed by atoms with Gasteiger partial charge >= 0.3 is 0 Å². The van der Waals surface area contributed by atoms with Gasteiger partial charge in [0.2, 0.25) is 0 Å². The van der Waals surface area contributed by atoms with E-state index in [9.17, 15) is 4.79 Å². The predicted octanol–water partition coefficient (Wildman–Crippen LogP) is 4.06. The standard InChI is InChI=1S/C16H13ClN2O2S2/c1-21-13-6-8-22-14(13)15(20)18-16-19(7-9-23-16)10-11-4-2-3-5-12(11)17/h2-9H,10H2,1H3. The predicted molar refractivity (Wildman–Crippen MR) is 93.6 cm³/mol. The first kappa shape index (κ1) is 16.0. The number of rotatable bonds is 4. The van der Waals surface area contributed by atoms with Crippen molar-refractivity contribution < 1.29 is 9.53 Å². The molecule has 0 unspecified atom stereocenters. The minimum atomic E-state index is -0.299. The Balaban J connectivity index is 1.92. The molecular weight excluding hydrogens is 352 g/mol. The number of benzene rings is 1. The lowest BCUT2D eigenvalue weighted by atomic mass is 10.2. The highest BCUT2D eigenvalue weighted by Gasteiger charge is 2.13. The average Bonchev–Trinajstić information content (AvgIpc) is 3.19. The number of hydrogen-bond acceptors (Lipinski definition) is 4. The number of thiazole rings is 1. The van der Waals surface area contributed by atoms with E-state index in [1.54, 1.807) is 13.2 Å². The second-order valence-corrected chi connectivity index (χ2v) is 6.84. The van der Waals surface area contributed by atoms with E-state index in [0.29, 0.717) is 27.0 Å². The van der Waals surface area contributed by atoms with Crippen molar-refractivity contribution in [3.63, 3.8) is 0 Å². The first-order valence-electron chi connectivity index (χ1n) is 6.77. The number of methoxy groups -OCH3 is 1. The maximum atomic E-state index is 12.4. The molecule has 3 aromatic rings. The number of carbonyl (C=O) groups excluding carboxylic acids is 1. The van der Waals surface area contributed by atoms with E-state index in [2.05, 4.69) is 4.99 Å². The zero-order valence-electron chi connectivity index (χ0n) is 12.2. The minimum Gasteiger partial charge on any atom is -0.495 e. The zero-order chi connectivity index (χ0) is 16.2. The van der Waals surface area contributed by atoms with Crippen molar-refractivity contribution in [2.45, 2.75) is 6.54 Å². The summed E-state index contributed by atoms with van der Waals surface area (Å²) in [5, 5.41) is 4.41. The SMILES string of the molecule is COc1ccsc1C(=O)N=c1sccn1Cc1ccccc1Cl. The van der Waals surface area contributed by atoms with Crippen molar-refractivity contribution in [3.8, 4) is 5.75 Å². The van der Waals surface area contributed by atoms with Crippen molar-refractivity contribution in [1.82, 2.24) is 4.57 Å². The lowest BCUT2D eigenvalue weighted by Crippen LogP contribution is -2.17. The summed E-state index contributed by atoms with van der Waals surface area (Å²) in [5.41, 5.74) is 0.982. The third-order valence-corrected chi connectivity index (χ3v) is 5.25. The Morgan fingerprint density at radius 3 is 2.87 bits per heavy atom. The van der Waals surface area contributed by atoms with Crippen LogP contribution in [0.25, 0.3) is 0 Å². The van der Waals surface area contributed by atoms with Crippen LogP contribution in [0.2, 0.25) is 5.02 Å². The molecule has 0 N–H and O–H groups in total. The molecule has 1 amide bonds. The van der Waals surface area contributed by atoms with Crippen molar-refractivity contribution >= 4 is 40.2 Å². The fourth-order valence-corrected chi connectivity index (χ4v) is 3.73. The number of ether oxygens (including phenoxy) is 1. The molecule has 0 aliphatic carbocycles. The Kier molecular flexibility index (Phi) is 4.95. The van der Waals surface area contributed by atoms with Gasteiger partial charge in [-0.15, -0.1) is 22.7 Å². The average molecular weight is 365 g/mol. The molecule has 0 atom stereocenters. The highest BCUT2D eigenvalue weighted by atomic mass is 35.5. The third-order valence-electron chi connectivity index (χ3n) is 3.20. The van der Waals surface area contributed by atoms with Gasteiger partial charge in [0.05, 0.1) is 13.7 Å². The van der Waals surface area contributed by atoms with Gasteiger partial charge < -0.3 is 9.30 Å². The van der Waals surface area contributed by atoms with E-state index in [4.69, 9.17) is 16.3 Å². The molecule has 7 heteroatoms. The summed E-state index contributed by atoms with van der Waals surface area (Å²) in [6.45, 7) is 0.566. The number of amides is 1. The molecule has 4 nitrogen and oxygen atoms in total.